The van der Waals surface area contributed by atoms with Crippen molar-refractivity contribution in [2.45, 2.75) is 18.9 Å². The number of benzene rings is 2. The van der Waals surface area contributed by atoms with Gasteiger partial charge in [0.25, 0.3) is 5.91 Å². The van der Waals surface area contributed by atoms with Crippen molar-refractivity contribution in [2.75, 3.05) is 13.1 Å². The van der Waals surface area contributed by atoms with Crippen molar-refractivity contribution in [1.29, 1.82) is 0 Å². The zero-order chi connectivity index (χ0) is 17.9. The van der Waals surface area contributed by atoms with E-state index in [2.05, 4.69) is 10.2 Å². The second-order valence-corrected chi connectivity index (χ2v) is 6.37. The molecule has 0 spiro atoms. The molecule has 1 aromatic heterocycles. The van der Waals surface area contributed by atoms with E-state index in [9.17, 15) is 9.59 Å². The first-order valence-corrected chi connectivity index (χ1v) is 8.71. The fourth-order valence-corrected chi connectivity index (χ4v) is 3.24. The number of ether oxygens (including phenoxy) is 1. The van der Waals surface area contributed by atoms with Crippen molar-refractivity contribution in [1.82, 2.24) is 15.1 Å². The number of carbonyl (C=O) groups is 1. The van der Waals surface area contributed by atoms with Crippen LogP contribution < -0.4 is 10.2 Å². The van der Waals surface area contributed by atoms with E-state index in [1.54, 1.807) is 23.1 Å². The third kappa shape index (κ3) is 3.18. The zero-order valence-electron chi connectivity index (χ0n) is 14.2. The Morgan fingerprint density at radius 1 is 1.04 bits per heavy atom. The molecule has 6 nitrogen and oxygen atoms in total. The lowest BCUT2D eigenvalue weighted by Gasteiger charge is -2.31. The van der Waals surface area contributed by atoms with Crippen molar-refractivity contribution in [2.24, 2.45) is 0 Å². The Balaban J connectivity index is 1.45. The van der Waals surface area contributed by atoms with Crippen molar-refractivity contribution < 1.29 is 9.53 Å². The van der Waals surface area contributed by atoms with Gasteiger partial charge in [0.1, 0.15) is 11.9 Å². The fourth-order valence-electron chi connectivity index (χ4n) is 3.24. The first kappa shape index (κ1) is 16.3. The number of carbonyl (C=O) groups excluding carboxylic acids is 1. The Bertz CT molecular complexity index is 976. The fraction of sp³-hybridized carbons (Fsp3) is 0.250. The van der Waals surface area contributed by atoms with Gasteiger partial charge in [0.2, 0.25) is 5.43 Å². The maximum Gasteiger partial charge on any atom is 0.278 e. The van der Waals surface area contributed by atoms with E-state index in [1.807, 2.05) is 36.4 Å². The summed E-state index contributed by atoms with van der Waals surface area (Å²) in [7, 11) is 0. The molecule has 132 valence electrons. The molecule has 0 unspecified atom stereocenters. The quantitative estimate of drug-likeness (QED) is 0.789. The number of H-pyrrole nitrogens is 1. The molecule has 1 amide bonds. The molecule has 2 aromatic carbocycles. The highest BCUT2D eigenvalue weighted by Crippen LogP contribution is 2.19. The number of rotatable bonds is 3. The van der Waals surface area contributed by atoms with E-state index >= 15 is 0 Å². The Morgan fingerprint density at radius 3 is 2.50 bits per heavy atom. The highest BCUT2D eigenvalue weighted by atomic mass is 16.5. The van der Waals surface area contributed by atoms with Crippen LogP contribution in [0, 0.1) is 0 Å². The molecule has 2 heterocycles. The molecule has 0 bridgehead atoms. The Labute approximate surface area is 150 Å². The number of amides is 1. The van der Waals surface area contributed by atoms with E-state index in [4.69, 9.17) is 4.74 Å². The lowest BCUT2D eigenvalue weighted by Crippen LogP contribution is -2.43. The number of aromatic nitrogens is 2. The largest absolute Gasteiger partial charge is 0.490 e. The number of nitrogens with zero attached hydrogens (tertiary/aromatic N) is 2. The minimum atomic E-state index is -0.327. The summed E-state index contributed by atoms with van der Waals surface area (Å²) < 4.78 is 5.95. The number of hydrogen-bond acceptors (Lipinski definition) is 4. The SMILES string of the molecule is O=C(c1n[nH]c2ccccc2c1=O)N1CCC(Oc2ccccc2)CC1. The molecule has 1 fully saturated rings. The lowest BCUT2D eigenvalue weighted by molar-refractivity contribution is 0.0588. The van der Waals surface area contributed by atoms with Crippen LogP contribution in [0.3, 0.4) is 0 Å². The summed E-state index contributed by atoms with van der Waals surface area (Å²) in [4.78, 5) is 27.0. The summed E-state index contributed by atoms with van der Waals surface area (Å²) in [5, 5.41) is 7.29. The third-order valence-corrected chi connectivity index (χ3v) is 4.65. The first-order valence-electron chi connectivity index (χ1n) is 8.71. The average molecular weight is 349 g/mol. The molecular weight excluding hydrogens is 330 g/mol. The summed E-state index contributed by atoms with van der Waals surface area (Å²) in [6.45, 7) is 1.09. The normalized spacial score (nSPS) is 15.2. The molecule has 0 aliphatic carbocycles. The van der Waals surface area contributed by atoms with Crippen LogP contribution >= 0.6 is 0 Å². The Kier molecular flexibility index (Phi) is 4.39. The summed E-state index contributed by atoms with van der Waals surface area (Å²) in [6.07, 6.45) is 1.53. The van der Waals surface area contributed by atoms with Crippen LogP contribution in [0.1, 0.15) is 23.3 Å². The number of hydrogen-bond donors (Lipinski definition) is 1. The average Bonchev–Trinajstić information content (AvgIpc) is 2.69. The lowest BCUT2D eigenvalue weighted by atomic mass is 10.1. The van der Waals surface area contributed by atoms with Crippen molar-refractivity contribution >= 4 is 16.8 Å². The third-order valence-electron chi connectivity index (χ3n) is 4.65. The number of para-hydroxylation sites is 2. The monoisotopic (exact) mass is 349 g/mol. The van der Waals surface area contributed by atoms with Gasteiger partial charge in [-0.25, -0.2) is 0 Å². The summed E-state index contributed by atoms with van der Waals surface area (Å²) in [5.41, 5.74) is 0.252. The van der Waals surface area contributed by atoms with Crippen molar-refractivity contribution in [3.8, 4) is 5.75 Å². The topological polar surface area (TPSA) is 75.3 Å². The molecule has 1 aliphatic heterocycles. The van der Waals surface area contributed by atoms with Crippen LogP contribution in [0.15, 0.2) is 59.4 Å². The predicted octanol–water partition coefficient (Wildman–Crippen LogP) is 2.61. The molecule has 3 aromatic rings. The molecule has 0 atom stereocenters. The van der Waals surface area contributed by atoms with Gasteiger partial charge in [-0.1, -0.05) is 30.3 Å². The van der Waals surface area contributed by atoms with E-state index in [1.165, 1.54) is 0 Å². The van der Waals surface area contributed by atoms with Gasteiger partial charge in [0.05, 0.1) is 5.52 Å². The summed E-state index contributed by atoms with van der Waals surface area (Å²) >= 11 is 0. The predicted molar refractivity (Wildman–Crippen MR) is 98.4 cm³/mol. The van der Waals surface area contributed by atoms with Crippen molar-refractivity contribution in [3.05, 3.63) is 70.5 Å². The number of likely N-dealkylation sites (tertiary alicyclic amines) is 1. The molecule has 26 heavy (non-hydrogen) atoms. The molecule has 0 radical (unpaired) electrons. The van der Waals surface area contributed by atoms with Crippen LogP contribution in [0.4, 0.5) is 0 Å². The van der Waals surface area contributed by atoms with Crippen LogP contribution in [0.5, 0.6) is 5.75 Å². The highest BCUT2D eigenvalue weighted by molar-refractivity contribution is 5.95. The van der Waals surface area contributed by atoms with E-state index in [0.29, 0.717) is 24.0 Å². The zero-order valence-corrected chi connectivity index (χ0v) is 14.2. The molecule has 4 rings (SSSR count). The molecule has 1 saturated heterocycles. The Morgan fingerprint density at radius 2 is 1.73 bits per heavy atom. The summed E-state index contributed by atoms with van der Waals surface area (Å²) in [6, 6.07) is 16.7. The second-order valence-electron chi connectivity index (χ2n) is 6.37. The van der Waals surface area contributed by atoms with Gasteiger partial charge in [-0.2, -0.15) is 5.10 Å². The van der Waals surface area contributed by atoms with Crippen molar-refractivity contribution in [3.63, 3.8) is 0 Å². The summed E-state index contributed by atoms with van der Waals surface area (Å²) in [5.74, 6) is 0.514. The Hall–Kier alpha value is -3.15. The van der Waals surface area contributed by atoms with Crippen LogP contribution in [-0.2, 0) is 0 Å². The molecular formula is C20H19N3O3. The van der Waals surface area contributed by atoms with Crippen LogP contribution in [0.25, 0.3) is 10.9 Å². The van der Waals surface area contributed by atoms with Gasteiger partial charge in [-0.05, 0) is 24.3 Å². The number of fused-ring (bicyclic) bond motifs is 1. The van der Waals surface area contributed by atoms with Crippen LogP contribution in [0.2, 0.25) is 0 Å². The van der Waals surface area contributed by atoms with Gasteiger partial charge >= 0.3 is 0 Å². The molecule has 1 aliphatic rings. The van der Waals surface area contributed by atoms with Crippen LogP contribution in [-0.4, -0.2) is 40.2 Å². The minimum Gasteiger partial charge on any atom is -0.490 e. The molecule has 1 N–H and O–H groups in total. The minimum absolute atomic E-state index is 0.0499. The standard InChI is InChI=1S/C20H19N3O3/c24-19-16-8-4-5-9-17(16)21-22-18(19)20(25)23-12-10-15(11-13-23)26-14-6-2-1-3-7-14/h1-9,15H,10-13H2,(H,21,24). The molecule has 0 saturated carbocycles. The second kappa shape index (κ2) is 7.00. The highest BCUT2D eigenvalue weighted by Gasteiger charge is 2.27. The molecule has 6 heteroatoms. The number of piperidine rings is 1. The maximum atomic E-state index is 12.7. The van der Waals surface area contributed by atoms with E-state index in [0.717, 1.165) is 18.6 Å². The van der Waals surface area contributed by atoms with Gasteiger partial charge in [0, 0.05) is 31.3 Å². The number of aromatic amines is 1. The maximum absolute atomic E-state index is 12.7. The number of nitrogens with one attached hydrogen (secondary N) is 1. The smallest absolute Gasteiger partial charge is 0.278 e. The van der Waals surface area contributed by atoms with E-state index < -0.39 is 0 Å². The first-order chi connectivity index (χ1) is 12.7. The van der Waals surface area contributed by atoms with Gasteiger partial charge < -0.3 is 9.64 Å². The van der Waals surface area contributed by atoms with E-state index in [-0.39, 0.29) is 23.1 Å². The van der Waals surface area contributed by atoms with Gasteiger partial charge in [-0.3, -0.25) is 14.7 Å². The van der Waals surface area contributed by atoms with Gasteiger partial charge in [0.15, 0.2) is 5.69 Å². The van der Waals surface area contributed by atoms with Gasteiger partial charge in [-0.15, -0.1) is 0 Å².